The van der Waals surface area contributed by atoms with Crippen molar-refractivity contribution in [3.63, 3.8) is 0 Å². The van der Waals surface area contributed by atoms with Gasteiger partial charge in [-0.15, -0.1) is 0 Å². The zero-order valence-electron chi connectivity index (χ0n) is 12.7. The van der Waals surface area contributed by atoms with Crippen molar-refractivity contribution in [2.24, 2.45) is 4.99 Å². The highest BCUT2D eigenvalue weighted by molar-refractivity contribution is 5.47. The van der Waals surface area contributed by atoms with Gasteiger partial charge in [0.05, 0.1) is 0 Å². The molecule has 0 aliphatic rings. The van der Waals surface area contributed by atoms with E-state index in [0.29, 0.717) is 6.61 Å². The summed E-state index contributed by atoms with van der Waals surface area (Å²) in [5.41, 5.74) is 3.12. The third-order valence-corrected chi connectivity index (χ3v) is 3.26. The second-order valence-corrected chi connectivity index (χ2v) is 4.85. The Balaban J connectivity index is 2.20. The molecule has 0 fully saturated rings. The molecule has 1 aromatic carbocycles. The third-order valence-electron chi connectivity index (χ3n) is 3.26. The van der Waals surface area contributed by atoms with Gasteiger partial charge in [0.1, 0.15) is 6.61 Å². The molecule has 0 saturated heterocycles. The first-order valence-electron chi connectivity index (χ1n) is 7.25. The summed E-state index contributed by atoms with van der Waals surface area (Å²) in [5.74, 6) is 0.817. The summed E-state index contributed by atoms with van der Waals surface area (Å²) in [6, 6.07) is 12.1. The monoisotopic (exact) mass is 282 g/mol. The Morgan fingerprint density at radius 2 is 2.14 bits per heavy atom. The summed E-state index contributed by atoms with van der Waals surface area (Å²) in [5, 5.41) is 0. The lowest BCUT2D eigenvalue weighted by Gasteiger charge is -2.11. The highest BCUT2D eigenvalue weighted by Crippen LogP contribution is 2.10. The predicted octanol–water partition coefficient (Wildman–Crippen LogP) is 3.65. The molecule has 0 aliphatic carbocycles. The number of nitrogens with zero attached hydrogens (tertiary/aromatic N) is 2. The van der Waals surface area contributed by atoms with Crippen LogP contribution in [0.25, 0.3) is 6.08 Å². The lowest BCUT2D eigenvalue weighted by atomic mass is 10.1. The largest absolute Gasteiger partial charge is 0.485 e. The van der Waals surface area contributed by atoms with Crippen LogP contribution in [-0.2, 0) is 13.2 Å². The molecule has 3 heteroatoms. The molecule has 1 heterocycles. The normalized spacial score (nSPS) is 11.4. The molecule has 0 amide bonds. The Hall–Kier alpha value is -2.29. The molecule has 0 N–H and O–H groups in total. The molecule has 0 aliphatic heterocycles. The van der Waals surface area contributed by atoms with Crippen LogP contribution in [0.1, 0.15) is 24.5 Å². The van der Waals surface area contributed by atoms with Crippen LogP contribution in [-0.4, -0.2) is 11.6 Å². The summed E-state index contributed by atoms with van der Waals surface area (Å²) in [6.45, 7) is 7.41. The van der Waals surface area contributed by atoms with E-state index >= 15 is 0 Å². The molecule has 0 atom stereocenters. The van der Waals surface area contributed by atoms with Gasteiger partial charge in [-0.05, 0) is 35.7 Å². The van der Waals surface area contributed by atoms with Crippen LogP contribution in [0, 0.1) is 0 Å². The van der Waals surface area contributed by atoms with Gasteiger partial charge in [0, 0.05) is 19.8 Å². The molecule has 1 aromatic heterocycles. The van der Waals surface area contributed by atoms with Crippen molar-refractivity contribution in [2.75, 3.05) is 7.05 Å². The second-order valence-electron chi connectivity index (χ2n) is 4.85. The predicted molar refractivity (Wildman–Crippen MR) is 87.1 cm³/mol. The zero-order valence-corrected chi connectivity index (χ0v) is 12.7. The van der Waals surface area contributed by atoms with Gasteiger partial charge in [-0.25, -0.2) is 0 Å². The van der Waals surface area contributed by atoms with Gasteiger partial charge in [-0.1, -0.05) is 37.8 Å². The van der Waals surface area contributed by atoms with Crippen LogP contribution < -0.4 is 10.2 Å². The van der Waals surface area contributed by atoms with Crippen molar-refractivity contribution in [3.8, 4) is 5.75 Å². The molecule has 0 unspecified atom stereocenters. The van der Waals surface area contributed by atoms with Gasteiger partial charge in [0.25, 0.3) is 0 Å². The van der Waals surface area contributed by atoms with E-state index < -0.39 is 0 Å². The summed E-state index contributed by atoms with van der Waals surface area (Å²) in [7, 11) is 1.80. The Morgan fingerprint density at radius 3 is 2.86 bits per heavy atom. The van der Waals surface area contributed by atoms with Gasteiger partial charge < -0.3 is 9.30 Å². The summed E-state index contributed by atoms with van der Waals surface area (Å²) >= 11 is 0. The van der Waals surface area contributed by atoms with Crippen LogP contribution >= 0.6 is 0 Å². The number of hydrogen-bond acceptors (Lipinski definition) is 2. The van der Waals surface area contributed by atoms with Crippen LogP contribution in [0.15, 0.2) is 54.2 Å². The average Bonchev–Trinajstić information content (AvgIpc) is 2.53. The molecule has 2 rings (SSSR count). The minimum atomic E-state index is 0.528. The first-order chi connectivity index (χ1) is 10.3. The summed E-state index contributed by atoms with van der Waals surface area (Å²) in [4.78, 5) is 4.36. The number of hydrogen-bond donors (Lipinski definition) is 0. The average molecular weight is 282 g/mol. The fourth-order valence-corrected chi connectivity index (χ4v) is 2.26. The maximum Gasteiger partial charge on any atom is 0.170 e. The van der Waals surface area contributed by atoms with Gasteiger partial charge in [-0.3, -0.25) is 4.99 Å². The third kappa shape index (κ3) is 3.85. The van der Waals surface area contributed by atoms with E-state index in [0.717, 1.165) is 35.3 Å². The Bertz CT molecular complexity index is 671. The van der Waals surface area contributed by atoms with E-state index in [2.05, 4.69) is 35.2 Å². The standard InChI is InChI=1S/C18H22N2O/c1-4-11-20-12-7-10-17(18(20)19-3)21-14-16-9-6-8-15(5-2)13-16/h5-10,12-13H,2,4,11,14H2,1,3H3. The lowest BCUT2D eigenvalue weighted by Crippen LogP contribution is -2.22. The van der Waals surface area contributed by atoms with Crippen molar-refractivity contribution in [1.82, 2.24) is 4.57 Å². The van der Waals surface area contributed by atoms with E-state index in [1.54, 1.807) is 7.05 Å². The van der Waals surface area contributed by atoms with Crippen molar-refractivity contribution >= 4 is 6.08 Å². The number of pyridine rings is 1. The highest BCUT2D eigenvalue weighted by atomic mass is 16.5. The minimum Gasteiger partial charge on any atom is -0.485 e. The molecule has 2 aromatic rings. The molecule has 0 bridgehead atoms. The summed E-state index contributed by atoms with van der Waals surface area (Å²) < 4.78 is 8.07. The molecule has 0 spiro atoms. The van der Waals surface area contributed by atoms with Crippen molar-refractivity contribution in [1.29, 1.82) is 0 Å². The molecular formula is C18H22N2O. The highest BCUT2D eigenvalue weighted by Gasteiger charge is 2.02. The van der Waals surface area contributed by atoms with Crippen LogP contribution in [0.2, 0.25) is 0 Å². The molecule has 3 nitrogen and oxygen atoms in total. The molecule has 0 saturated carbocycles. The van der Waals surface area contributed by atoms with Gasteiger partial charge in [-0.2, -0.15) is 0 Å². The summed E-state index contributed by atoms with van der Waals surface area (Å²) in [6.07, 6.45) is 4.95. The maximum atomic E-state index is 5.95. The van der Waals surface area contributed by atoms with Crippen LogP contribution in [0.4, 0.5) is 0 Å². The van der Waals surface area contributed by atoms with E-state index in [4.69, 9.17) is 4.74 Å². The SMILES string of the molecule is C=Cc1cccc(COc2cccn(CCC)c2=NC)c1. The quantitative estimate of drug-likeness (QED) is 0.794. The van der Waals surface area contributed by atoms with Crippen molar-refractivity contribution in [2.45, 2.75) is 26.5 Å². The number of aromatic nitrogens is 1. The number of ether oxygens (including phenoxy) is 1. The smallest absolute Gasteiger partial charge is 0.170 e. The van der Waals surface area contributed by atoms with E-state index in [1.165, 1.54) is 0 Å². The maximum absolute atomic E-state index is 5.95. The van der Waals surface area contributed by atoms with Crippen molar-refractivity contribution < 1.29 is 4.74 Å². The van der Waals surface area contributed by atoms with E-state index in [-0.39, 0.29) is 0 Å². The lowest BCUT2D eigenvalue weighted by molar-refractivity contribution is 0.297. The Labute approximate surface area is 126 Å². The number of aryl methyl sites for hydroxylation is 1. The van der Waals surface area contributed by atoms with Gasteiger partial charge in [0.15, 0.2) is 11.2 Å². The van der Waals surface area contributed by atoms with E-state index in [1.807, 2.05) is 36.5 Å². The topological polar surface area (TPSA) is 26.5 Å². The second kappa shape index (κ2) is 7.48. The van der Waals surface area contributed by atoms with Crippen LogP contribution in [0.3, 0.4) is 0 Å². The first kappa shape index (κ1) is 15.1. The van der Waals surface area contributed by atoms with Crippen LogP contribution in [0.5, 0.6) is 5.75 Å². The van der Waals surface area contributed by atoms with Crippen molar-refractivity contribution in [3.05, 3.63) is 65.8 Å². The number of rotatable bonds is 6. The molecule has 21 heavy (non-hydrogen) atoms. The zero-order chi connectivity index (χ0) is 15.1. The van der Waals surface area contributed by atoms with Gasteiger partial charge >= 0.3 is 0 Å². The fourth-order valence-electron chi connectivity index (χ4n) is 2.26. The van der Waals surface area contributed by atoms with Gasteiger partial charge in [0.2, 0.25) is 0 Å². The van der Waals surface area contributed by atoms with E-state index in [9.17, 15) is 0 Å². The minimum absolute atomic E-state index is 0.528. The molecule has 0 radical (unpaired) electrons. The Morgan fingerprint density at radius 1 is 1.29 bits per heavy atom. The molecular weight excluding hydrogens is 260 g/mol. The number of benzene rings is 1. The fraction of sp³-hybridized carbons (Fsp3) is 0.278. The Kier molecular flexibility index (Phi) is 5.38. The molecule has 110 valence electrons. The first-order valence-corrected chi connectivity index (χ1v) is 7.25.